The second-order valence-electron chi connectivity index (χ2n) is 6.02. The van der Waals surface area contributed by atoms with Gasteiger partial charge in [-0.25, -0.2) is 0 Å². The van der Waals surface area contributed by atoms with Crippen molar-refractivity contribution < 1.29 is 5.11 Å². The lowest BCUT2D eigenvalue weighted by Crippen LogP contribution is -2.39. The molecule has 0 aliphatic heterocycles. The minimum atomic E-state index is 0.00462. The molecule has 2 N–H and O–H groups in total. The van der Waals surface area contributed by atoms with Crippen molar-refractivity contribution in [2.45, 2.75) is 58.0 Å². The maximum atomic E-state index is 9.02. The molecule has 2 rings (SSSR count). The van der Waals surface area contributed by atoms with Crippen molar-refractivity contribution in [3.63, 3.8) is 0 Å². The van der Waals surface area contributed by atoms with E-state index in [1.807, 2.05) is 0 Å². The molecule has 0 atom stereocenters. The maximum absolute atomic E-state index is 9.02. The van der Waals surface area contributed by atoms with Crippen LogP contribution in [-0.4, -0.2) is 17.3 Å². The molecule has 18 heavy (non-hydrogen) atoms. The van der Waals surface area contributed by atoms with Crippen molar-refractivity contribution in [1.82, 2.24) is 5.32 Å². The fourth-order valence-electron chi connectivity index (χ4n) is 2.61. The minimum Gasteiger partial charge on any atom is -0.396 e. The highest BCUT2D eigenvalue weighted by Gasteiger charge is 2.16. The number of aliphatic hydroxyl groups excluding tert-OH is 1. The van der Waals surface area contributed by atoms with Crippen LogP contribution in [0.15, 0.2) is 18.2 Å². The van der Waals surface area contributed by atoms with Crippen LogP contribution in [0.1, 0.15) is 49.8 Å². The Hall–Kier alpha value is -0.860. The van der Waals surface area contributed by atoms with E-state index in [4.69, 9.17) is 5.11 Å². The molecule has 0 saturated heterocycles. The van der Waals surface area contributed by atoms with E-state index in [0.29, 0.717) is 0 Å². The molecule has 1 aromatic rings. The van der Waals surface area contributed by atoms with E-state index in [2.05, 4.69) is 37.4 Å². The number of aliphatic hydroxyl groups is 1. The topological polar surface area (TPSA) is 32.3 Å². The predicted octanol–water partition coefficient (Wildman–Crippen LogP) is 2.82. The Balaban J connectivity index is 1.98. The van der Waals surface area contributed by atoms with E-state index in [9.17, 15) is 0 Å². The highest BCUT2D eigenvalue weighted by Crippen LogP contribution is 2.22. The second-order valence-corrected chi connectivity index (χ2v) is 6.02. The van der Waals surface area contributed by atoms with Gasteiger partial charge in [-0.2, -0.15) is 0 Å². The lowest BCUT2D eigenvalue weighted by atomic mass is 9.90. The summed E-state index contributed by atoms with van der Waals surface area (Å²) >= 11 is 0. The molecule has 0 fully saturated rings. The maximum Gasteiger partial charge on any atom is 0.0448 e. The highest BCUT2D eigenvalue weighted by molar-refractivity contribution is 5.33. The van der Waals surface area contributed by atoms with Crippen LogP contribution in [0.4, 0.5) is 0 Å². The Bertz CT molecular complexity index is 398. The predicted molar refractivity (Wildman–Crippen MR) is 75.7 cm³/mol. The van der Waals surface area contributed by atoms with Crippen molar-refractivity contribution in [2.24, 2.45) is 0 Å². The smallest absolute Gasteiger partial charge is 0.0448 e. The van der Waals surface area contributed by atoms with E-state index in [1.54, 1.807) is 11.1 Å². The summed E-state index contributed by atoms with van der Waals surface area (Å²) in [5, 5.41) is 12.5. The van der Waals surface area contributed by atoms with Crippen LogP contribution < -0.4 is 5.32 Å². The third-order valence-electron chi connectivity index (χ3n) is 3.92. The minimum absolute atomic E-state index is 0.00462. The Kier molecular flexibility index (Phi) is 4.41. The van der Waals surface area contributed by atoms with Gasteiger partial charge in [-0.1, -0.05) is 18.2 Å². The molecule has 1 aliphatic carbocycles. The lowest BCUT2D eigenvalue weighted by Gasteiger charge is -2.26. The van der Waals surface area contributed by atoms with E-state index < -0.39 is 0 Å². The molecule has 100 valence electrons. The van der Waals surface area contributed by atoms with E-state index in [1.165, 1.54) is 31.2 Å². The molecule has 0 unspecified atom stereocenters. The third kappa shape index (κ3) is 3.56. The number of nitrogens with one attached hydrogen (secondary N) is 1. The Labute approximate surface area is 110 Å². The van der Waals surface area contributed by atoms with Gasteiger partial charge >= 0.3 is 0 Å². The van der Waals surface area contributed by atoms with Crippen molar-refractivity contribution >= 4 is 0 Å². The first-order chi connectivity index (χ1) is 8.61. The number of fused-ring (bicyclic) bond motifs is 1. The van der Waals surface area contributed by atoms with Gasteiger partial charge in [-0.05, 0) is 62.6 Å². The fraction of sp³-hybridized carbons (Fsp3) is 0.625. The molecule has 0 aromatic heterocycles. The summed E-state index contributed by atoms with van der Waals surface area (Å²) in [4.78, 5) is 0. The summed E-state index contributed by atoms with van der Waals surface area (Å²) in [5.74, 6) is 0. The molecule has 0 amide bonds. The molecule has 0 radical (unpaired) electrons. The molecule has 2 heteroatoms. The SMILES string of the molecule is CC(C)(CCO)NCc1ccc2c(c1)CCCC2. The van der Waals surface area contributed by atoms with Crippen LogP contribution in [0.3, 0.4) is 0 Å². The summed E-state index contributed by atoms with van der Waals surface area (Å²) in [5.41, 5.74) is 4.45. The summed E-state index contributed by atoms with van der Waals surface area (Å²) in [6.07, 6.45) is 5.95. The van der Waals surface area contributed by atoms with Crippen LogP contribution in [0.5, 0.6) is 0 Å². The number of hydrogen-bond donors (Lipinski definition) is 2. The zero-order chi connectivity index (χ0) is 13.0. The van der Waals surface area contributed by atoms with Gasteiger partial charge in [0.2, 0.25) is 0 Å². The molecule has 0 saturated carbocycles. The molecule has 0 bridgehead atoms. The van der Waals surface area contributed by atoms with Gasteiger partial charge in [0.1, 0.15) is 0 Å². The molecular weight excluding hydrogens is 222 g/mol. The average Bonchev–Trinajstić information content (AvgIpc) is 2.36. The van der Waals surface area contributed by atoms with Gasteiger partial charge in [0, 0.05) is 18.7 Å². The van der Waals surface area contributed by atoms with Crippen molar-refractivity contribution in [3.8, 4) is 0 Å². The van der Waals surface area contributed by atoms with Crippen molar-refractivity contribution in [2.75, 3.05) is 6.61 Å². The van der Waals surface area contributed by atoms with Gasteiger partial charge in [0.25, 0.3) is 0 Å². The molecule has 0 heterocycles. The normalized spacial score (nSPS) is 15.5. The van der Waals surface area contributed by atoms with Crippen LogP contribution >= 0.6 is 0 Å². The zero-order valence-electron chi connectivity index (χ0n) is 11.6. The Morgan fingerprint density at radius 2 is 1.89 bits per heavy atom. The first kappa shape index (κ1) is 13.6. The lowest BCUT2D eigenvalue weighted by molar-refractivity contribution is 0.230. The number of hydrogen-bond acceptors (Lipinski definition) is 2. The monoisotopic (exact) mass is 247 g/mol. The van der Waals surface area contributed by atoms with Gasteiger partial charge in [-0.15, -0.1) is 0 Å². The number of aryl methyl sites for hydroxylation is 2. The molecular formula is C16H25NO. The average molecular weight is 247 g/mol. The van der Waals surface area contributed by atoms with Gasteiger partial charge in [-0.3, -0.25) is 0 Å². The van der Waals surface area contributed by atoms with Crippen LogP contribution in [0, 0.1) is 0 Å². The fourth-order valence-corrected chi connectivity index (χ4v) is 2.61. The summed E-state index contributed by atoms with van der Waals surface area (Å²) in [6, 6.07) is 6.90. The number of rotatable bonds is 5. The highest BCUT2D eigenvalue weighted by atomic mass is 16.3. The van der Waals surface area contributed by atoms with Gasteiger partial charge in [0.05, 0.1) is 0 Å². The Morgan fingerprint density at radius 1 is 1.17 bits per heavy atom. The third-order valence-corrected chi connectivity index (χ3v) is 3.92. The van der Waals surface area contributed by atoms with Crippen molar-refractivity contribution in [1.29, 1.82) is 0 Å². The molecule has 1 aromatic carbocycles. The zero-order valence-corrected chi connectivity index (χ0v) is 11.6. The summed E-state index contributed by atoms with van der Waals surface area (Å²) < 4.78 is 0. The standard InChI is InChI=1S/C16H25NO/c1-16(2,9-10-18)17-12-13-7-8-14-5-3-4-6-15(14)11-13/h7-8,11,17-18H,3-6,9-10,12H2,1-2H3. The van der Waals surface area contributed by atoms with Crippen LogP contribution in [0.25, 0.3) is 0 Å². The van der Waals surface area contributed by atoms with Crippen molar-refractivity contribution in [3.05, 3.63) is 34.9 Å². The van der Waals surface area contributed by atoms with E-state index in [-0.39, 0.29) is 12.1 Å². The second kappa shape index (κ2) is 5.85. The first-order valence-corrected chi connectivity index (χ1v) is 7.07. The van der Waals surface area contributed by atoms with E-state index >= 15 is 0 Å². The molecule has 2 nitrogen and oxygen atoms in total. The quantitative estimate of drug-likeness (QED) is 0.838. The summed E-state index contributed by atoms with van der Waals surface area (Å²) in [7, 11) is 0. The first-order valence-electron chi connectivity index (χ1n) is 7.07. The number of benzene rings is 1. The Morgan fingerprint density at radius 3 is 2.61 bits per heavy atom. The van der Waals surface area contributed by atoms with Crippen LogP contribution in [0.2, 0.25) is 0 Å². The largest absolute Gasteiger partial charge is 0.396 e. The van der Waals surface area contributed by atoms with E-state index in [0.717, 1.165) is 13.0 Å². The van der Waals surface area contributed by atoms with Gasteiger partial charge < -0.3 is 10.4 Å². The van der Waals surface area contributed by atoms with Gasteiger partial charge in [0.15, 0.2) is 0 Å². The van der Waals surface area contributed by atoms with Crippen LogP contribution in [-0.2, 0) is 19.4 Å². The molecule has 1 aliphatic rings. The summed E-state index contributed by atoms with van der Waals surface area (Å²) in [6.45, 7) is 5.41. The molecule has 0 spiro atoms.